The van der Waals surface area contributed by atoms with E-state index in [1.54, 1.807) is 0 Å². The van der Waals surface area contributed by atoms with Gasteiger partial charge in [-0.25, -0.2) is 0 Å². The number of nitrogens with zero attached hydrogens (tertiary/aromatic N) is 2. The largest absolute Gasteiger partial charge is 0.373 e. The summed E-state index contributed by atoms with van der Waals surface area (Å²) < 4.78 is 0. The highest BCUT2D eigenvalue weighted by Crippen LogP contribution is 2.26. The highest BCUT2D eigenvalue weighted by molar-refractivity contribution is 6.31. The summed E-state index contributed by atoms with van der Waals surface area (Å²) in [5.41, 5.74) is 2.13. The van der Waals surface area contributed by atoms with Crippen LogP contribution in [0.2, 0.25) is 5.02 Å². The van der Waals surface area contributed by atoms with E-state index in [1.165, 1.54) is 5.69 Å². The molecular weight excluding hydrogens is 270 g/mol. The fraction of sp³-hybridized carbons (Fsp3) is 0.438. The number of benzene rings is 1. The monoisotopic (exact) mass is 291 g/mol. The number of halogens is 1. The Bertz CT molecular complexity index is 569. The fourth-order valence-electron chi connectivity index (χ4n) is 2.20. The van der Waals surface area contributed by atoms with Crippen molar-refractivity contribution in [1.29, 1.82) is 0 Å². The van der Waals surface area contributed by atoms with E-state index in [2.05, 4.69) is 42.2 Å². The van der Waals surface area contributed by atoms with Gasteiger partial charge in [0.25, 0.3) is 0 Å². The summed E-state index contributed by atoms with van der Waals surface area (Å²) in [6, 6.07) is 7.92. The van der Waals surface area contributed by atoms with Crippen LogP contribution in [0.1, 0.15) is 13.8 Å². The van der Waals surface area contributed by atoms with Crippen LogP contribution in [0.3, 0.4) is 0 Å². The molecule has 0 fully saturated rings. The lowest BCUT2D eigenvalue weighted by molar-refractivity contribution is 0.554. The molecule has 0 spiro atoms. The summed E-state index contributed by atoms with van der Waals surface area (Å²) >= 11 is 6.02. The molecule has 0 amide bonds. The molecule has 0 saturated carbocycles. The predicted molar refractivity (Wildman–Crippen MR) is 87.7 cm³/mol. The molecule has 1 aromatic carbocycles. The third-order valence-electron chi connectivity index (χ3n) is 3.27. The topological polar surface area (TPSA) is 28.2 Å². The van der Waals surface area contributed by atoms with Gasteiger partial charge in [-0.05, 0) is 36.7 Å². The van der Waals surface area contributed by atoms with E-state index in [0.717, 1.165) is 35.6 Å². The van der Waals surface area contributed by atoms with Crippen molar-refractivity contribution < 1.29 is 0 Å². The van der Waals surface area contributed by atoms with Gasteiger partial charge in [0, 0.05) is 42.4 Å². The molecule has 4 heteroatoms. The van der Waals surface area contributed by atoms with Crippen LogP contribution in [0.15, 0.2) is 30.5 Å². The molecule has 0 unspecified atom stereocenters. The van der Waals surface area contributed by atoms with Crippen molar-refractivity contribution in [2.75, 3.05) is 31.6 Å². The number of anilines is 1. The van der Waals surface area contributed by atoms with Crippen LogP contribution in [0, 0.1) is 5.92 Å². The van der Waals surface area contributed by atoms with Crippen LogP contribution in [-0.4, -0.2) is 31.7 Å². The number of hydrogen-bond donors (Lipinski definition) is 1. The molecule has 0 aliphatic carbocycles. The van der Waals surface area contributed by atoms with Gasteiger partial charge in [-0.2, -0.15) is 0 Å². The summed E-state index contributed by atoms with van der Waals surface area (Å²) in [5, 5.41) is 5.33. The molecule has 0 aliphatic rings. The lowest BCUT2D eigenvalue weighted by Crippen LogP contribution is -2.31. The SMILES string of the molecule is CC(C)CNCCN(C)c1ccnc2cc(Cl)ccc12. The zero-order chi connectivity index (χ0) is 14.5. The maximum Gasteiger partial charge on any atom is 0.0737 e. The molecule has 0 aliphatic heterocycles. The third kappa shape index (κ3) is 3.84. The number of nitrogens with one attached hydrogen (secondary N) is 1. The Kier molecular flexibility index (Phi) is 5.21. The molecule has 20 heavy (non-hydrogen) atoms. The quantitative estimate of drug-likeness (QED) is 0.825. The number of rotatable bonds is 6. The first kappa shape index (κ1) is 15.1. The Labute approximate surface area is 126 Å². The standard InChI is InChI=1S/C16H22ClN3/c1-12(2)11-18-8-9-20(3)16-6-7-19-15-10-13(17)4-5-14(15)16/h4-7,10,12,18H,8-9,11H2,1-3H3. The Morgan fingerprint density at radius 3 is 2.85 bits per heavy atom. The zero-order valence-corrected chi connectivity index (χ0v) is 13.1. The van der Waals surface area contributed by atoms with Gasteiger partial charge in [0.15, 0.2) is 0 Å². The van der Waals surface area contributed by atoms with Crippen molar-refractivity contribution in [3.8, 4) is 0 Å². The van der Waals surface area contributed by atoms with E-state index in [0.29, 0.717) is 5.92 Å². The van der Waals surface area contributed by atoms with Gasteiger partial charge in [0.1, 0.15) is 0 Å². The summed E-state index contributed by atoms with van der Waals surface area (Å²) in [6.45, 7) is 7.44. The molecule has 1 N–H and O–H groups in total. The van der Waals surface area contributed by atoms with Crippen molar-refractivity contribution in [1.82, 2.24) is 10.3 Å². The van der Waals surface area contributed by atoms with Crippen molar-refractivity contribution >= 4 is 28.2 Å². The van der Waals surface area contributed by atoms with Crippen molar-refractivity contribution in [2.45, 2.75) is 13.8 Å². The Morgan fingerprint density at radius 1 is 1.30 bits per heavy atom. The molecule has 3 nitrogen and oxygen atoms in total. The van der Waals surface area contributed by atoms with Gasteiger partial charge < -0.3 is 10.2 Å². The average molecular weight is 292 g/mol. The van der Waals surface area contributed by atoms with Crippen LogP contribution in [0.25, 0.3) is 10.9 Å². The van der Waals surface area contributed by atoms with Crippen LogP contribution in [-0.2, 0) is 0 Å². The van der Waals surface area contributed by atoms with Gasteiger partial charge in [0.05, 0.1) is 5.52 Å². The lowest BCUT2D eigenvalue weighted by atomic mass is 10.1. The first-order chi connectivity index (χ1) is 9.58. The van der Waals surface area contributed by atoms with E-state index >= 15 is 0 Å². The van der Waals surface area contributed by atoms with Crippen molar-refractivity contribution in [2.24, 2.45) is 5.92 Å². The molecule has 0 bridgehead atoms. The number of aromatic nitrogens is 1. The predicted octanol–water partition coefficient (Wildman–Crippen LogP) is 3.57. The van der Waals surface area contributed by atoms with E-state index in [-0.39, 0.29) is 0 Å². The van der Waals surface area contributed by atoms with E-state index in [4.69, 9.17) is 11.6 Å². The highest BCUT2D eigenvalue weighted by atomic mass is 35.5. The minimum absolute atomic E-state index is 0.684. The molecule has 1 aromatic heterocycles. The van der Waals surface area contributed by atoms with Gasteiger partial charge in [-0.3, -0.25) is 4.98 Å². The minimum atomic E-state index is 0.684. The molecular formula is C16H22ClN3. The number of fused-ring (bicyclic) bond motifs is 1. The molecule has 0 saturated heterocycles. The van der Waals surface area contributed by atoms with E-state index in [1.807, 2.05) is 24.4 Å². The molecule has 108 valence electrons. The Balaban J connectivity index is 2.08. The normalized spacial score (nSPS) is 11.2. The van der Waals surface area contributed by atoms with Crippen LogP contribution in [0.4, 0.5) is 5.69 Å². The first-order valence-electron chi connectivity index (χ1n) is 7.04. The third-order valence-corrected chi connectivity index (χ3v) is 3.50. The summed E-state index contributed by atoms with van der Waals surface area (Å²) in [6.07, 6.45) is 1.84. The highest BCUT2D eigenvalue weighted by Gasteiger charge is 2.07. The van der Waals surface area contributed by atoms with Gasteiger partial charge >= 0.3 is 0 Å². The number of hydrogen-bond acceptors (Lipinski definition) is 3. The second-order valence-corrected chi connectivity index (χ2v) is 5.95. The Hall–Kier alpha value is -1.32. The molecule has 0 atom stereocenters. The van der Waals surface area contributed by atoms with Crippen molar-refractivity contribution in [3.05, 3.63) is 35.5 Å². The minimum Gasteiger partial charge on any atom is -0.373 e. The molecule has 0 radical (unpaired) electrons. The zero-order valence-electron chi connectivity index (χ0n) is 12.4. The van der Waals surface area contributed by atoms with Crippen LogP contribution < -0.4 is 10.2 Å². The number of likely N-dealkylation sites (N-methyl/N-ethyl adjacent to an activating group) is 1. The molecule has 1 heterocycles. The summed E-state index contributed by atoms with van der Waals surface area (Å²) in [5.74, 6) is 0.684. The second kappa shape index (κ2) is 6.91. The Morgan fingerprint density at radius 2 is 2.10 bits per heavy atom. The van der Waals surface area contributed by atoms with Gasteiger partial charge in [0.2, 0.25) is 0 Å². The molecule has 2 aromatic rings. The summed E-state index contributed by atoms with van der Waals surface area (Å²) in [4.78, 5) is 6.63. The fourth-order valence-corrected chi connectivity index (χ4v) is 2.36. The van der Waals surface area contributed by atoms with E-state index < -0.39 is 0 Å². The maximum absolute atomic E-state index is 6.02. The van der Waals surface area contributed by atoms with Crippen molar-refractivity contribution in [3.63, 3.8) is 0 Å². The van der Waals surface area contributed by atoms with E-state index in [9.17, 15) is 0 Å². The lowest BCUT2D eigenvalue weighted by Gasteiger charge is -2.21. The van der Waals surface area contributed by atoms with Gasteiger partial charge in [-0.15, -0.1) is 0 Å². The molecule has 2 rings (SSSR count). The average Bonchev–Trinajstić information content (AvgIpc) is 2.42. The maximum atomic E-state index is 6.02. The smallest absolute Gasteiger partial charge is 0.0737 e. The van der Waals surface area contributed by atoms with Crippen LogP contribution in [0.5, 0.6) is 0 Å². The second-order valence-electron chi connectivity index (χ2n) is 5.51. The van der Waals surface area contributed by atoms with Gasteiger partial charge in [-0.1, -0.05) is 25.4 Å². The number of pyridine rings is 1. The first-order valence-corrected chi connectivity index (χ1v) is 7.42. The van der Waals surface area contributed by atoms with Crippen LogP contribution >= 0.6 is 11.6 Å². The summed E-state index contributed by atoms with van der Waals surface area (Å²) in [7, 11) is 2.11.